The van der Waals surface area contributed by atoms with E-state index in [2.05, 4.69) is 15.5 Å². The third-order valence-corrected chi connectivity index (χ3v) is 4.75. The summed E-state index contributed by atoms with van der Waals surface area (Å²) >= 11 is 0. The van der Waals surface area contributed by atoms with Crippen molar-refractivity contribution in [3.05, 3.63) is 66.1 Å². The van der Waals surface area contributed by atoms with Gasteiger partial charge in [0.1, 0.15) is 5.75 Å². The Morgan fingerprint density at radius 2 is 2.04 bits per heavy atom. The average Bonchev–Trinajstić information content (AvgIpc) is 3.28. The summed E-state index contributed by atoms with van der Waals surface area (Å²) in [6.07, 6.45) is 1.28. The summed E-state index contributed by atoms with van der Waals surface area (Å²) in [7, 11) is 1.65. The lowest BCUT2D eigenvalue weighted by atomic mass is 10.0. The monoisotopic (exact) mass is 364 g/mol. The van der Waals surface area contributed by atoms with E-state index in [4.69, 9.17) is 9.26 Å². The van der Waals surface area contributed by atoms with Crippen LogP contribution in [0.15, 0.2) is 59.4 Å². The number of rotatable bonds is 4. The van der Waals surface area contributed by atoms with Crippen LogP contribution in [0.3, 0.4) is 0 Å². The van der Waals surface area contributed by atoms with Gasteiger partial charge in [0.2, 0.25) is 12.2 Å². The Hall–Kier alpha value is -3.19. The fourth-order valence-electron chi connectivity index (χ4n) is 3.39. The topological polar surface area (TPSA) is 80.5 Å². The van der Waals surface area contributed by atoms with Crippen molar-refractivity contribution in [1.29, 1.82) is 0 Å². The highest BCUT2D eigenvalue weighted by Gasteiger charge is 2.30. The van der Waals surface area contributed by atoms with Gasteiger partial charge >= 0.3 is 0 Å². The molecule has 1 unspecified atom stereocenters. The van der Waals surface area contributed by atoms with Gasteiger partial charge in [0.25, 0.3) is 5.91 Å². The normalized spacial score (nSPS) is 16.9. The van der Waals surface area contributed by atoms with E-state index in [-0.39, 0.29) is 11.9 Å². The molecule has 27 heavy (non-hydrogen) atoms. The van der Waals surface area contributed by atoms with Crippen LogP contribution in [0.25, 0.3) is 11.4 Å². The molecule has 1 amide bonds. The van der Waals surface area contributed by atoms with Gasteiger partial charge in [0, 0.05) is 36.3 Å². The third kappa shape index (κ3) is 3.41. The van der Waals surface area contributed by atoms with E-state index in [1.54, 1.807) is 19.2 Å². The van der Waals surface area contributed by atoms with E-state index >= 15 is 0 Å². The number of hydrogen-bond donors (Lipinski definition) is 1. The fourth-order valence-corrected chi connectivity index (χ4v) is 3.39. The molecule has 3 aromatic rings. The molecule has 7 heteroatoms. The Morgan fingerprint density at radius 3 is 2.78 bits per heavy atom. The molecule has 138 valence electrons. The van der Waals surface area contributed by atoms with Crippen molar-refractivity contribution in [3.8, 4) is 17.1 Å². The average molecular weight is 364 g/mol. The molecule has 1 atom stereocenters. The van der Waals surface area contributed by atoms with E-state index in [1.165, 1.54) is 6.39 Å². The van der Waals surface area contributed by atoms with Crippen molar-refractivity contribution in [3.63, 3.8) is 0 Å². The second-order valence-electron chi connectivity index (χ2n) is 6.29. The second kappa shape index (κ2) is 7.59. The molecule has 1 aliphatic heterocycles. The minimum Gasteiger partial charge on any atom is -0.496 e. The fraction of sp³-hybridized carbons (Fsp3) is 0.250. The zero-order valence-corrected chi connectivity index (χ0v) is 15.0. The number of hydrogen-bond acceptors (Lipinski definition) is 6. The van der Waals surface area contributed by atoms with Gasteiger partial charge in [-0.3, -0.25) is 4.79 Å². The highest BCUT2D eigenvalue weighted by atomic mass is 16.5. The van der Waals surface area contributed by atoms with Crippen molar-refractivity contribution in [1.82, 2.24) is 20.4 Å². The number of methoxy groups -OCH3 is 1. The molecule has 2 heterocycles. The van der Waals surface area contributed by atoms with E-state index in [0.29, 0.717) is 24.5 Å². The summed E-state index contributed by atoms with van der Waals surface area (Å²) in [6.45, 7) is 2.08. The molecular weight excluding hydrogens is 344 g/mol. The zero-order valence-electron chi connectivity index (χ0n) is 15.0. The lowest BCUT2D eigenvalue weighted by molar-refractivity contribution is 0.0631. The predicted molar refractivity (Wildman–Crippen MR) is 99.4 cm³/mol. The first-order chi connectivity index (χ1) is 13.3. The molecule has 0 spiro atoms. The van der Waals surface area contributed by atoms with Gasteiger partial charge in [-0.25, -0.2) is 0 Å². The Morgan fingerprint density at radius 1 is 1.22 bits per heavy atom. The SMILES string of the molecule is COc1ccccc1C1CNCCN1C(=O)c1ccc(-c2ncon2)cc1. The van der Waals surface area contributed by atoms with Gasteiger partial charge in [-0.1, -0.05) is 35.5 Å². The number of nitrogens with one attached hydrogen (secondary N) is 1. The summed E-state index contributed by atoms with van der Waals surface area (Å²) < 4.78 is 10.3. The van der Waals surface area contributed by atoms with Crippen LogP contribution in [-0.2, 0) is 0 Å². The summed E-state index contributed by atoms with van der Waals surface area (Å²) in [5.41, 5.74) is 2.44. The first-order valence-electron chi connectivity index (χ1n) is 8.79. The van der Waals surface area contributed by atoms with Gasteiger partial charge in [-0.2, -0.15) is 4.98 Å². The molecule has 1 aliphatic rings. The van der Waals surface area contributed by atoms with Crippen LogP contribution in [0.4, 0.5) is 0 Å². The van der Waals surface area contributed by atoms with Crippen molar-refractivity contribution in [2.75, 3.05) is 26.7 Å². The summed E-state index contributed by atoms with van der Waals surface area (Å²) in [4.78, 5) is 19.1. The first kappa shape index (κ1) is 17.2. The van der Waals surface area contributed by atoms with Crippen molar-refractivity contribution >= 4 is 5.91 Å². The number of nitrogens with zero attached hydrogens (tertiary/aromatic N) is 3. The molecule has 0 bridgehead atoms. The molecule has 0 aliphatic carbocycles. The number of piperazine rings is 1. The largest absolute Gasteiger partial charge is 0.496 e. The standard InChI is InChI=1S/C20H20N4O3/c1-26-18-5-3-2-4-16(18)17-12-21-10-11-24(17)20(25)15-8-6-14(7-9-15)19-22-13-27-23-19/h2-9,13,17,21H,10-12H2,1H3. The molecule has 1 aromatic heterocycles. The number of carbonyl (C=O) groups excluding carboxylic acids is 1. The van der Waals surface area contributed by atoms with Crippen LogP contribution in [-0.4, -0.2) is 47.7 Å². The molecule has 0 radical (unpaired) electrons. The molecule has 1 fully saturated rings. The van der Waals surface area contributed by atoms with Crippen LogP contribution >= 0.6 is 0 Å². The number of ether oxygens (including phenoxy) is 1. The molecule has 1 N–H and O–H groups in total. The van der Waals surface area contributed by atoms with E-state index in [0.717, 1.165) is 23.4 Å². The third-order valence-electron chi connectivity index (χ3n) is 4.75. The lowest BCUT2D eigenvalue weighted by Crippen LogP contribution is -2.48. The number of amides is 1. The van der Waals surface area contributed by atoms with Crippen LogP contribution in [0.2, 0.25) is 0 Å². The molecule has 0 saturated carbocycles. The van der Waals surface area contributed by atoms with E-state index in [1.807, 2.05) is 41.3 Å². The maximum absolute atomic E-state index is 13.2. The van der Waals surface area contributed by atoms with Gasteiger partial charge in [-0.05, 0) is 18.2 Å². The summed E-state index contributed by atoms with van der Waals surface area (Å²) in [5.74, 6) is 1.28. The molecule has 7 nitrogen and oxygen atoms in total. The highest BCUT2D eigenvalue weighted by molar-refractivity contribution is 5.95. The summed E-state index contributed by atoms with van der Waals surface area (Å²) in [6, 6.07) is 15.0. The minimum absolute atomic E-state index is 0.00734. The quantitative estimate of drug-likeness (QED) is 0.766. The summed E-state index contributed by atoms with van der Waals surface area (Å²) in [5, 5.41) is 7.19. The predicted octanol–water partition coefficient (Wildman–Crippen LogP) is 2.53. The number of aromatic nitrogens is 2. The van der Waals surface area contributed by atoms with Gasteiger partial charge in [0.15, 0.2) is 0 Å². The Balaban J connectivity index is 1.61. The number of carbonyl (C=O) groups is 1. The van der Waals surface area contributed by atoms with Gasteiger partial charge in [0.05, 0.1) is 13.2 Å². The van der Waals surface area contributed by atoms with Gasteiger partial charge in [-0.15, -0.1) is 0 Å². The molecule has 2 aromatic carbocycles. The second-order valence-corrected chi connectivity index (χ2v) is 6.29. The van der Waals surface area contributed by atoms with Gasteiger partial charge < -0.3 is 19.5 Å². The maximum Gasteiger partial charge on any atom is 0.254 e. The maximum atomic E-state index is 13.2. The van der Waals surface area contributed by atoms with Crippen LogP contribution in [0.1, 0.15) is 22.0 Å². The van der Waals surface area contributed by atoms with Crippen LogP contribution < -0.4 is 10.1 Å². The van der Waals surface area contributed by atoms with E-state index < -0.39 is 0 Å². The first-order valence-corrected chi connectivity index (χ1v) is 8.79. The molecular formula is C20H20N4O3. The Kier molecular flexibility index (Phi) is 4.84. The van der Waals surface area contributed by atoms with Crippen LogP contribution in [0, 0.1) is 0 Å². The van der Waals surface area contributed by atoms with Crippen molar-refractivity contribution in [2.24, 2.45) is 0 Å². The minimum atomic E-state index is -0.0840. The highest BCUT2D eigenvalue weighted by Crippen LogP contribution is 2.31. The van der Waals surface area contributed by atoms with Crippen LogP contribution in [0.5, 0.6) is 5.75 Å². The Bertz CT molecular complexity index is 909. The number of benzene rings is 2. The molecule has 4 rings (SSSR count). The van der Waals surface area contributed by atoms with Crippen molar-refractivity contribution < 1.29 is 14.1 Å². The van der Waals surface area contributed by atoms with Crippen molar-refractivity contribution in [2.45, 2.75) is 6.04 Å². The van der Waals surface area contributed by atoms with E-state index in [9.17, 15) is 4.79 Å². The molecule has 1 saturated heterocycles. The lowest BCUT2D eigenvalue weighted by Gasteiger charge is -2.37. The Labute approximate surface area is 156 Å². The number of para-hydroxylation sites is 1. The smallest absolute Gasteiger partial charge is 0.254 e. The zero-order chi connectivity index (χ0) is 18.6.